The number of aromatic nitrogens is 4. The van der Waals surface area contributed by atoms with Gasteiger partial charge in [0.1, 0.15) is 5.54 Å². The van der Waals surface area contributed by atoms with Gasteiger partial charge in [-0.05, 0) is 62.1 Å². The van der Waals surface area contributed by atoms with Crippen LogP contribution in [0, 0.1) is 25.2 Å². The van der Waals surface area contributed by atoms with Crippen LogP contribution in [0.5, 0.6) is 0 Å². The minimum atomic E-state index is -0.752. The van der Waals surface area contributed by atoms with Gasteiger partial charge in [0.2, 0.25) is 5.91 Å². The molecule has 33 heavy (non-hydrogen) atoms. The van der Waals surface area contributed by atoms with E-state index < -0.39 is 5.54 Å². The van der Waals surface area contributed by atoms with E-state index in [4.69, 9.17) is 0 Å². The molecule has 1 amide bonds. The lowest BCUT2D eigenvalue weighted by Gasteiger charge is -2.26. The lowest BCUT2D eigenvalue weighted by atomic mass is 9.92. The molecule has 0 unspecified atom stereocenters. The summed E-state index contributed by atoms with van der Waals surface area (Å²) in [5.41, 5.74) is 3.46. The molecule has 1 fully saturated rings. The van der Waals surface area contributed by atoms with Crippen molar-refractivity contribution >= 4 is 17.7 Å². The summed E-state index contributed by atoms with van der Waals surface area (Å²) in [7, 11) is 0. The van der Waals surface area contributed by atoms with Crippen molar-refractivity contribution in [3.8, 4) is 23.1 Å². The van der Waals surface area contributed by atoms with Gasteiger partial charge in [-0.1, -0.05) is 43.5 Å². The van der Waals surface area contributed by atoms with Gasteiger partial charge in [0.25, 0.3) is 0 Å². The molecule has 2 heterocycles. The van der Waals surface area contributed by atoms with Crippen molar-refractivity contribution in [2.75, 3.05) is 5.75 Å². The van der Waals surface area contributed by atoms with Gasteiger partial charge >= 0.3 is 0 Å². The lowest BCUT2D eigenvalue weighted by molar-refractivity contribution is -0.120. The first-order valence-corrected chi connectivity index (χ1v) is 12.3. The fourth-order valence-electron chi connectivity index (χ4n) is 4.18. The van der Waals surface area contributed by atoms with Gasteiger partial charge in [-0.15, -0.1) is 10.2 Å². The summed E-state index contributed by atoms with van der Waals surface area (Å²) in [5.74, 6) is 0.715. The number of rotatable bonds is 6. The van der Waals surface area contributed by atoms with E-state index in [-0.39, 0.29) is 11.7 Å². The third-order valence-corrected chi connectivity index (χ3v) is 7.13. The fourth-order valence-corrected chi connectivity index (χ4v) is 4.93. The topological polar surface area (TPSA) is 96.5 Å². The summed E-state index contributed by atoms with van der Waals surface area (Å²) >= 11 is 1.33. The second-order valence-electron chi connectivity index (χ2n) is 8.59. The van der Waals surface area contributed by atoms with Crippen LogP contribution in [0.4, 0.5) is 0 Å². The molecule has 1 aliphatic rings. The van der Waals surface area contributed by atoms with E-state index >= 15 is 0 Å². The number of benzene rings is 1. The van der Waals surface area contributed by atoms with Crippen LogP contribution < -0.4 is 5.32 Å². The molecule has 7 nitrogen and oxygen atoms in total. The number of thioether (sulfide) groups is 1. The number of amides is 1. The molecule has 4 rings (SSSR count). The number of nitrogens with one attached hydrogen (secondary N) is 1. The summed E-state index contributed by atoms with van der Waals surface area (Å²) in [6.07, 6.45) is 9.05. The molecule has 1 saturated carbocycles. The molecule has 8 heteroatoms. The van der Waals surface area contributed by atoms with Gasteiger partial charge in [0, 0.05) is 18.0 Å². The van der Waals surface area contributed by atoms with Gasteiger partial charge in [-0.3, -0.25) is 14.3 Å². The first-order chi connectivity index (χ1) is 16.0. The fraction of sp³-hybridized carbons (Fsp3) is 0.400. The molecule has 0 atom stereocenters. The number of carbonyl (C=O) groups is 1. The van der Waals surface area contributed by atoms with Crippen LogP contribution in [0.3, 0.4) is 0 Å². The quantitative estimate of drug-likeness (QED) is 0.420. The van der Waals surface area contributed by atoms with Crippen LogP contribution in [0.2, 0.25) is 0 Å². The number of pyridine rings is 1. The Labute approximate surface area is 198 Å². The SMILES string of the molecule is Cc1ccc(-n2c(SCC(=O)NC3(C#N)CCCCCC3)nnc2-c2ccncc2)cc1C. The van der Waals surface area contributed by atoms with E-state index in [1.54, 1.807) is 12.4 Å². The second kappa shape index (κ2) is 10.2. The molecule has 1 aromatic carbocycles. The average Bonchev–Trinajstić information content (AvgIpc) is 3.12. The molecule has 3 aromatic rings. The van der Waals surface area contributed by atoms with Crippen LogP contribution >= 0.6 is 11.8 Å². The predicted octanol–water partition coefficient (Wildman–Crippen LogP) is 4.77. The Morgan fingerprint density at radius 1 is 1.09 bits per heavy atom. The maximum absolute atomic E-state index is 12.8. The van der Waals surface area contributed by atoms with Gasteiger partial charge < -0.3 is 5.32 Å². The molecule has 0 radical (unpaired) electrons. The third-order valence-electron chi connectivity index (χ3n) is 6.20. The van der Waals surface area contributed by atoms with Gasteiger partial charge in [0.15, 0.2) is 11.0 Å². The maximum Gasteiger partial charge on any atom is 0.231 e. The van der Waals surface area contributed by atoms with Crippen molar-refractivity contribution in [1.29, 1.82) is 5.26 Å². The highest BCUT2D eigenvalue weighted by Crippen LogP contribution is 2.30. The highest BCUT2D eigenvalue weighted by Gasteiger charge is 2.32. The van der Waals surface area contributed by atoms with Crippen molar-refractivity contribution < 1.29 is 4.79 Å². The van der Waals surface area contributed by atoms with Crippen molar-refractivity contribution in [2.45, 2.75) is 63.1 Å². The Morgan fingerprint density at radius 2 is 1.82 bits per heavy atom. The third kappa shape index (κ3) is 5.25. The van der Waals surface area contributed by atoms with E-state index in [1.165, 1.54) is 22.9 Å². The number of nitrogens with zero attached hydrogens (tertiary/aromatic N) is 5. The molecule has 2 aromatic heterocycles. The number of nitriles is 1. The molecule has 1 aliphatic carbocycles. The van der Waals surface area contributed by atoms with Gasteiger partial charge in [-0.25, -0.2) is 0 Å². The zero-order valence-corrected chi connectivity index (χ0v) is 19.9. The van der Waals surface area contributed by atoms with E-state index in [1.807, 2.05) is 22.8 Å². The second-order valence-corrected chi connectivity index (χ2v) is 9.53. The Bertz CT molecular complexity index is 1160. The predicted molar refractivity (Wildman–Crippen MR) is 129 cm³/mol. The smallest absolute Gasteiger partial charge is 0.231 e. The van der Waals surface area contributed by atoms with Crippen molar-refractivity contribution in [2.24, 2.45) is 0 Å². The van der Waals surface area contributed by atoms with Crippen molar-refractivity contribution in [1.82, 2.24) is 25.1 Å². The number of carbonyl (C=O) groups excluding carboxylic acids is 1. The Kier molecular flexibility index (Phi) is 7.09. The Morgan fingerprint density at radius 3 is 2.48 bits per heavy atom. The first-order valence-electron chi connectivity index (χ1n) is 11.3. The van der Waals surface area contributed by atoms with Crippen LogP contribution in [0.15, 0.2) is 47.9 Å². The molecular formula is C25H28N6OS. The first kappa shape index (κ1) is 23.0. The van der Waals surface area contributed by atoms with Crippen molar-refractivity contribution in [3.05, 3.63) is 53.9 Å². The van der Waals surface area contributed by atoms with Crippen LogP contribution in [-0.4, -0.2) is 36.9 Å². The van der Waals surface area contributed by atoms with Gasteiger partial charge in [-0.2, -0.15) is 5.26 Å². The maximum atomic E-state index is 12.8. The molecular weight excluding hydrogens is 432 g/mol. The number of hydrogen-bond acceptors (Lipinski definition) is 6. The number of hydrogen-bond donors (Lipinski definition) is 1. The Balaban J connectivity index is 1.59. The van der Waals surface area contributed by atoms with Crippen LogP contribution in [0.1, 0.15) is 49.7 Å². The van der Waals surface area contributed by atoms with Crippen molar-refractivity contribution in [3.63, 3.8) is 0 Å². The van der Waals surface area contributed by atoms with E-state index in [9.17, 15) is 10.1 Å². The lowest BCUT2D eigenvalue weighted by Crippen LogP contribution is -2.47. The molecule has 0 aliphatic heterocycles. The zero-order valence-electron chi connectivity index (χ0n) is 19.0. The molecule has 1 N–H and O–H groups in total. The highest BCUT2D eigenvalue weighted by molar-refractivity contribution is 7.99. The summed E-state index contributed by atoms with van der Waals surface area (Å²) in [6.45, 7) is 4.15. The zero-order chi connectivity index (χ0) is 23.3. The van der Waals surface area contributed by atoms with Crippen LogP contribution in [-0.2, 0) is 4.79 Å². The Hall–Kier alpha value is -3.18. The van der Waals surface area contributed by atoms with E-state index in [0.29, 0.717) is 23.8 Å². The standard InChI is InChI=1S/C25H28N6OS/c1-18-7-8-21(15-19(18)2)31-23(20-9-13-27-14-10-20)29-30-24(31)33-16-22(32)28-25(17-26)11-5-3-4-6-12-25/h7-10,13-15H,3-6,11-12,16H2,1-2H3,(H,28,32). The van der Waals surface area contributed by atoms with E-state index in [0.717, 1.165) is 36.9 Å². The molecule has 0 saturated heterocycles. The minimum Gasteiger partial charge on any atom is -0.337 e. The molecule has 170 valence electrons. The monoisotopic (exact) mass is 460 g/mol. The van der Waals surface area contributed by atoms with Gasteiger partial charge in [0.05, 0.1) is 17.5 Å². The van der Waals surface area contributed by atoms with Crippen LogP contribution in [0.25, 0.3) is 17.1 Å². The summed E-state index contributed by atoms with van der Waals surface area (Å²) in [6, 6.07) is 12.4. The summed E-state index contributed by atoms with van der Waals surface area (Å²) in [4.78, 5) is 16.9. The number of aryl methyl sites for hydroxylation is 2. The minimum absolute atomic E-state index is 0.149. The highest BCUT2D eigenvalue weighted by atomic mass is 32.2. The summed E-state index contributed by atoms with van der Waals surface area (Å²) in [5, 5.41) is 22.3. The average molecular weight is 461 g/mol. The van der Waals surface area contributed by atoms with E-state index in [2.05, 4.69) is 52.5 Å². The summed E-state index contributed by atoms with van der Waals surface area (Å²) < 4.78 is 1.98. The molecule has 0 bridgehead atoms. The largest absolute Gasteiger partial charge is 0.337 e. The normalized spacial score (nSPS) is 15.4. The molecule has 0 spiro atoms.